The number of piperidine rings is 1. The fraction of sp³-hybridized carbons (Fsp3) is 0.182. The molecule has 1 N–H and O–H groups in total. The van der Waals surface area contributed by atoms with Crippen LogP contribution in [0.4, 0.5) is 5.69 Å². The molecule has 1 fully saturated rings. The fourth-order valence-electron chi connectivity index (χ4n) is 5.33. The van der Waals surface area contributed by atoms with Crippen molar-refractivity contribution in [2.45, 2.75) is 31.8 Å². The molecule has 1 aliphatic heterocycles. The Hall–Kier alpha value is -4.06. The molecular formula is C33H29ClN4O. The van der Waals surface area contributed by atoms with Crippen molar-refractivity contribution < 1.29 is 4.79 Å². The van der Waals surface area contributed by atoms with Crippen LogP contribution in [0.3, 0.4) is 0 Å². The van der Waals surface area contributed by atoms with E-state index in [1.165, 1.54) is 18.4 Å². The molecule has 3 aromatic carbocycles. The molecule has 0 saturated carbocycles. The van der Waals surface area contributed by atoms with Gasteiger partial charge in [-0.05, 0) is 90.7 Å². The van der Waals surface area contributed by atoms with Gasteiger partial charge in [0.2, 0.25) is 0 Å². The number of hydrogen-bond donors (Lipinski definition) is 1. The molecule has 5 nitrogen and oxygen atoms in total. The number of pyridine rings is 2. The average molecular weight is 533 g/mol. The minimum absolute atomic E-state index is 0.145. The van der Waals surface area contributed by atoms with Crippen LogP contribution >= 0.6 is 11.6 Å². The van der Waals surface area contributed by atoms with Crippen LogP contribution in [0.15, 0.2) is 103 Å². The van der Waals surface area contributed by atoms with Gasteiger partial charge in [0.25, 0.3) is 5.91 Å². The smallest absolute Gasteiger partial charge is 0.255 e. The number of rotatable bonds is 6. The SMILES string of the molecule is O=C(Nc1ccc2nc(CN3CCCCC3c3cccnc3)ccc2c1)c1ccc(-c2ccc(Cl)cc2)cc1. The van der Waals surface area contributed by atoms with Crippen molar-refractivity contribution in [2.75, 3.05) is 11.9 Å². The molecule has 0 spiro atoms. The second-order valence-electron chi connectivity index (χ2n) is 10.0. The number of likely N-dealkylation sites (tertiary alicyclic amines) is 1. The van der Waals surface area contributed by atoms with E-state index in [9.17, 15) is 4.79 Å². The first-order valence-corrected chi connectivity index (χ1v) is 13.7. The Bertz CT molecular complexity index is 1590. The Morgan fingerprint density at radius 3 is 2.49 bits per heavy atom. The van der Waals surface area contributed by atoms with Crippen molar-refractivity contribution in [3.8, 4) is 11.1 Å². The topological polar surface area (TPSA) is 58.1 Å². The van der Waals surface area contributed by atoms with E-state index in [1.54, 1.807) is 0 Å². The zero-order chi connectivity index (χ0) is 26.6. The average Bonchev–Trinajstić information content (AvgIpc) is 2.98. The minimum Gasteiger partial charge on any atom is -0.322 e. The Kier molecular flexibility index (Phi) is 7.35. The number of benzene rings is 3. The van der Waals surface area contributed by atoms with E-state index in [0.717, 1.165) is 52.9 Å². The van der Waals surface area contributed by atoms with Gasteiger partial charge < -0.3 is 5.32 Å². The van der Waals surface area contributed by atoms with Gasteiger partial charge in [0.05, 0.1) is 11.2 Å². The van der Waals surface area contributed by atoms with Gasteiger partial charge >= 0.3 is 0 Å². The predicted molar refractivity (Wildman–Crippen MR) is 158 cm³/mol. The van der Waals surface area contributed by atoms with Crippen molar-refractivity contribution in [2.24, 2.45) is 0 Å². The normalized spacial score (nSPS) is 15.8. The third-order valence-electron chi connectivity index (χ3n) is 7.38. The highest BCUT2D eigenvalue weighted by atomic mass is 35.5. The van der Waals surface area contributed by atoms with Crippen molar-refractivity contribution in [1.29, 1.82) is 0 Å². The number of carbonyl (C=O) groups is 1. The van der Waals surface area contributed by atoms with Crippen LogP contribution in [0, 0.1) is 0 Å². The summed E-state index contributed by atoms with van der Waals surface area (Å²) in [6.45, 7) is 1.87. The number of hydrogen-bond acceptors (Lipinski definition) is 4. The minimum atomic E-state index is -0.145. The molecule has 2 aromatic heterocycles. The Morgan fingerprint density at radius 2 is 1.72 bits per heavy atom. The van der Waals surface area contributed by atoms with Crippen LogP contribution in [-0.2, 0) is 6.54 Å². The number of halogens is 1. The molecular weight excluding hydrogens is 504 g/mol. The van der Waals surface area contributed by atoms with Gasteiger partial charge in [-0.3, -0.25) is 19.7 Å². The van der Waals surface area contributed by atoms with Crippen LogP contribution in [0.2, 0.25) is 5.02 Å². The molecule has 1 saturated heterocycles. The van der Waals surface area contributed by atoms with Gasteiger partial charge in [-0.15, -0.1) is 0 Å². The first-order valence-electron chi connectivity index (χ1n) is 13.3. The molecule has 0 bridgehead atoms. The zero-order valence-electron chi connectivity index (χ0n) is 21.6. The summed E-state index contributed by atoms with van der Waals surface area (Å²) in [4.78, 5) is 24.7. The third-order valence-corrected chi connectivity index (χ3v) is 7.63. The third kappa shape index (κ3) is 5.85. The summed E-state index contributed by atoms with van der Waals surface area (Å²) in [7, 11) is 0. The summed E-state index contributed by atoms with van der Waals surface area (Å²) in [6, 6.07) is 29.9. The lowest BCUT2D eigenvalue weighted by Gasteiger charge is -2.35. The molecule has 5 aromatic rings. The number of amides is 1. The second kappa shape index (κ2) is 11.4. The van der Waals surface area contributed by atoms with E-state index in [-0.39, 0.29) is 5.91 Å². The first-order chi connectivity index (χ1) is 19.1. The van der Waals surface area contributed by atoms with E-state index in [4.69, 9.17) is 16.6 Å². The zero-order valence-corrected chi connectivity index (χ0v) is 22.3. The van der Waals surface area contributed by atoms with Crippen molar-refractivity contribution >= 4 is 34.1 Å². The molecule has 6 rings (SSSR count). The number of nitrogens with zero attached hydrogens (tertiary/aromatic N) is 3. The van der Waals surface area contributed by atoms with Crippen molar-refractivity contribution in [1.82, 2.24) is 14.9 Å². The fourth-order valence-corrected chi connectivity index (χ4v) is 5.46. The van der Waals surface area contributed by atoms with E-state index in [1.807, 2.05) is 85.2 Å². The van der Waals surface area contributed by atoms with Gasteiger partial charge in [-0.1, -0.05) is 54.4 Å². The number of fused-ring (bicyclic) bond motifs is 1. The van der Waals surface area contributed by atoms with Crippen LogP contribution < -0.4 is 5.32 Å². The number of nitrogens with one attached hydrogen (secondary N) is 1. The summed E-state index contributed by atoms with van der Waals surface area (Å²) in [5, 5.41) is 4.72. The van der Waals surface area contributed by atoms with E-state index >= 15 is 0 Å². The van der Waals surface area contributed by atoms with Crippen molar-refractivity contribution in [3.63, 3.8) is 0 Å². The van der Waals surface area contributed by atoms with Gasteiger partial charge in [-0.25, -0.2) is 0 Å². The largest absolute Gasteiger partial charge is 0.322 e. The summed E-state index contributed by atoms with van der Waals surface area (Å²) in [5.74, 6) is -0.145. The molecule has 39 heavy (non-hydrogen) atoms. The molecule has 1 unspecified atom stereocenters. The Labute approximate surface area is 233 Å². The molecule has 194 valence electrons. The van der Waals surface area contributed by atoms with Gasteiger partial charge in [0, 0.05) is 46.6 Å². The highest BCUT2D eigenvalue weighted by Crippen LogP contribution is 2.32. The monoisotopic (exact) mass is 532 g/mol. The molecule has 0 aliphatic carbocycles. The van der Waals surface area contributed by atoms with Crippen molar-refractivity contribution in [3.05, 3.63) is 125 Å². The maximum Gasteiger partial charge on any atom is 0.255 e. The maximum absolute atomic E-state index is 12.9. The van der Waals surface area contributed by atoms with Crippen LogP contribution in [-0.4, -0.2) is 27.3 Å². The van der Waals surface area contributed by atoms with Crippen LogP contribution in [0.25, 0.3) is 22.0 Å². The Balaban J connectivity index is 1.14. The number of aromatic nitrogens is 2. The highest BCUT2D eigenvalue weighted by Gasteiger charge is 2.24. The van der Waals surface area contributed by atoms with Gasteiger partial charge in [0.1, 0.15) is 0 Å². The summed E-state index contributed by atoms with van der Waals surface area (Å²) >= 11 is 5.99. The van der Waals surface area contributed by atoms with Gasteiger partial charge in [0.15, 0.2) is 0 Å². The quantitative estimate of drug-likeness (QED) is 0.241. The number of anilines is 1. The Morgan fingerprint density at radius 1 is 0.923 bits per heavy atom. The first kappa shape index (κ1) is 25.2. The lowest BCUT2D eigenvalue weighted by Crippen LogP contribution is -2.33. The lowest BCUT2D eigenvalue weighted by molar-refractivity contribution is 0.102. The lowest BCUT2D eigenvalue weighted by atomic mass is 9.96. The molecule has 1 amide bonds. The number of carbonyl (C=O) groups excluding carboxylic acids is 1. The molecule has 0 radical (unpaired) electrons. The predicted octanol–water partition coefficient (Wildman–Crippen LogP) is 7.93. The summed E-state index contributed by atoms with van der Waals surface area (Å²) in [5.41, 5.74) is 6.69. The molecule has 1 aliphatic rings. The molecule has 6 heteroatoms. The standard InChI is InChI=1S/C33H29ClN4O/c34-28-13-10-24(11-14-28)23-6-8-25(9-7-23)33(39)37-29-16-17-31-26(20-29)12-15-30(36-31)22-38-19-2-1-5-32(38)27-4-3-18-35-21-27/h3-4,6-18,20-21,32H,1-2,5,19,22H2,(H,37,39). The molecule has 1 atom stereocenters. The van der Waals surface area contributed by atoms with Gasteiger partial charge in [-0.2, -0.15) is 0 Å². The summed E-state index contributed by atoms with van der Waals surface area (Å²) < 4.78 is 0. The molecule has 3 heterocycles. The van der Waals surface area contributed by atoms with E-state index in [2.05, 4.69) is 33.4 Å². The summed E-state index contributed by atoms with van der Waals surface area (Å²) in [6.07, 6.45) is 7.41. The second-order valence-corrected chi connectivity index (χ2v) is 10.5. The van der Waals surface area contributed by atoms with E-state index < -0.39 is 0 Å². The van der Waals surface area contributed by atoms with Crippen LogP contribution in [0.1, 0.15) is 46.9 Å². The highest BCUT2D eigenvalue weighted by molar-refractivity contribution is 6.30. The van der Waals surface area contributed by atoms with E-state index in [0.29, 0.717) is 16.6 Å². The van der Waals surface area contributed by atoms with Crippen LogP contribution in [0.5, 0.6) is 0 Å². The maximum atomic E-state index is 12.9.